The van der Waals surface area contributed by atoms with Crippen LogP contribution in [0, 0.1) is 6.92 Å². The van der Waals surface area contributed by atoms with Gasteiger partial charge < -0.3 is 10.2 Å². The molecule has 1 N–H and O–H groups in total. The average molecular weight is 248 g/mol. The summed E-state index contributed by atoms with van der Waals surface area (Å²) in [4.78, 5) is 2.37. The van der Waals surface area contributed by atoms with Gasteiger partial charge in [-0.2, -0.15) is 0 Å². The Morgan fingerprint density at radius 1 is 1.17 bits per heavy atom. The van der Waals surface area contributed by atoms with Gasteiger partial charge in [-0.3, -0.25) is 0 Å². The van der Waals surface area contributed by atoms with E-state index in [-0.39, 0.29) is 5.54 Å². The van der Waals surface area contributed by atoms with Gasteiger partial charge in [-0.25, -0.2) is 0 Å². The van der Waals surface area contributed by atoms with Crippen molar-refractivity contribution in [2.75, 3.05) is 18.5 Å². The van der Waals surface area contributed by atoms with Crippen molar-refractivity contribution in [2.24, 2.45) is 0 Å². The summed E-state index contributed by atoms with van der Waals surface area (Å²) in [6, 6.07) is 9.29. The zero-order chi connectivity index (χ0) is 13.8. The number of hydrogen-bond donors (Lipinski definition) is 1. The highest BCUT2D eigenvalue weighted by Gasteiger charge is 2.16. The lowest BCUT2D eigenvalue weighted by Gasteiger charge is -2.32. The van der Waals surface area contributed by atoms with E-state index in [1.807, 2.05) is 0 Å². The van der Waals surface area contributed by atoms with Gasteiger partial charge in [-0.1, -0.05) is 24.6 Å². The average Bonchev–Trinajstić information content (AvgIpc) is 2.29. The number of anilines is 1. The van der Waals surface area contributed by atoms with Crippen molar-refractivity contribution in [3.8, 4) is 0 Å². The molecule has 1 rings (SSSR count). The highest BCUT2D eigenvalue weighted by atomic mass is 15.2. The van der Waals surface area contributed by atoms with Crippen molar-refractivity contribution >= 4 is 5.69 Å². The zero-order valence-electron chi connectivity index (χ0n) is 12.7. The van der Waals surface area contributed by atoms with Crippen molar-refractivity contribution in [2.45, 2.75) is 52.6 Å². The molecule has 1 unspecified atom stereocenters. The third kappa shape index (κ3) is 4.69. The topological polar surface area (TPSA) is 15.3 Å². The number of benzene rings is 1. The Labute approximate surface area is 112 Å². The fourth-order valence-corrected chi connectivity index (χ4v) is 1.97. The van der Waals surface area contributed by atoms with Crippen molar-refractivity contribution in [3.63, 3.8) is 0 Å². The third-order valence-electron chi connectivity index (χ3n) is 3.33. The van der Waals surface area contributed by atoms with Crippen LogP contribution in [0.15, 0.2) is 24.3 Å². The standard InChI is InChI=1S/C16H28N2/c1-7-14(12-17-16(3,4)5)18(6)15-10-8-13(2)9-11-15/h8-11,14,17H,7,12H2,1-6H3. The lowest BCUT2D eigenvalue weighted by molar-refractivity contribution is 0.397. The van der Waals surface area contributed by atoms with Gasteiger partial charge in [0, 0.05) is 30.9 Å². The molecule has 18 heavy (non-hydrogen) atoms. The van der Waals surface area contributed by atoms with Crippen molar-refractivity contribution in [1.29, 1.82) is 0 Å². The quantitative estimate of drug-likeness (QED) is 0.856. The summed E-state index contributed by atoms with van der Waals surface area (Å²) in [6.45, 7) is 12.0. The van der Waals surface area contributed by atoms with Crippen molar-refractivity contribution < 1.29 is 0 Å². The Balaban J connectivity index is 2.67. The predicted molar refractivity (Wildman–Crippen MR) is 81.4 cm³/mol. The van der Waals surface area contributed by atoms with Crippen LogP contribution in [0.5, 0.6) is 0 Å². The Hall–Kier alpha value is -1.02. The molecule has 0 saturated carbocycles. The summed E-state index contributed by atoms with van der Waals surface area (Å²) in [7, 11) is 2.18. The molecule has 1 aromatic rings. The third-order valence-corrected chi connectivity index (χ3v) is 3.33. The van der Waals surface area contributed by atoms with Crippen LogP contribution in [-0.2, 0) is 0 Å². The zero-order valence-corrected chi connectivity index (χ0v) is 12.7. The summed E-state index contributed by atoms with van der Waals surface area (Å²) in [5.74, 6) is 0. The van der Waals surface area contributed by atoms with Gasteiger partial charge in [0.15, 0.2) is 0 Å². The van der Waals surface area contributed by atoms with Crippen LogP contribution in [0.2, 0.25) is 0 Å². The van der Waals surface area contributed by atoms with E-state index < -0.39 is 0 Å². The van der Waals surface area contributed by atoms with Crippen LogP contribution in [0.1, 0.15) is 39.7 Å². The second kappa shape index (κ2) is 6.24. The fourth-order valence-electron chi connectivity index (χ4n) is 1.97. The first-order chi connectivity index (χ1) is 8.33. The monoisotopic (exact) mass is 248 g/mol. The summed E-state index contributed by atoms with van der Waals surface area (Å²) in [5.41, 5.74) is 2.79. The molecule has 0 aromatic heterocycles. The lowest BCUT2D eigenvalue weighted by Crippen LogP contribution is -2.46. The van der Waals surface area contributed by atoms with Gasteiger partial charge in [0.05, 0.1) is 0 Å². The molecule has 0 radical (unpaired) electrons. The number of likely N-dealkylation sites (N-methyl/N-ethyl adjacent to an activating group) is 1. The van der Waals surface area contributed by atoms with Crippen LogP contribution >= 0.6 is 0 Å². The minimum absolute atomic E-state index is 0.182. The molecule has 2 heteroatoms. The molecule has 0 aliphatic carbocycles. The number of aryl methyl sites for hydroxylation is 1. The highest BCUT2D eigenvalue weighted by Crippen LogP contribution is 2.17. The maximum absolute atomic E-state index is 3.59. The Morgan fingerprint density at radius 2 is 1.72 bits per heavy atom. The van der Waals surface area contributed by atoms with Crippen LogP contribution in [0.3, 0.4) is 0 Å². The number of nitrogens with one attached hydrogen (secondary N) is 1. The largest absolute Gasteiger partial charge is 0.370 e. The molecule has 0 bridgehead atoms. The SMILES string of the molecule is CCC(CNC(C)(C)C)N(C)c1ccc(C)cc1. The van der Waals surface area contributed by atoms with Crippen LogP contribution in [0.25, 0.3) is 0 Å². The van der Waals surface area contributed by atoms with Crippen LogP contribution < -0.4 is 10.2 Å². The molecule has 0 heterocycles. The van der Waals surface area contributed by atoms with Gasteiger partial charge in [-0.15, -0.1) is 0 Å². The van der Waals surface area contributed by atoms with Gasteiger partial charge in [-0.05, 0) is 46.2 Å². The summed E-state index contributed by atoms with van der Waals surface area (Å²) >= 11 is 0. The van der Waals surface area contributed by atoms with Crippen LogP contribution in [0.4, 0.5) is 5.69 Å². The Bertz CT molecular complexity index is 348. The molecule has 0 spiro atoms. The van der Waals surface area contributed by atoms with E-state index in [2.05, 4.69) is 76.1 Å². The molecule has 1 aromatic carbocycles. The molecular formula is C16H28N2. The first-order valence-corrected chi connectivity index (χ1v) is 6.88. The van der Waals surface area contributed by atoms with E-state index in [0.29, 0.717) is 6.04 Å². The fraction of sp³-hybridized carbons (Fsp3) is 0.625. The Morgan fingerprint density at radius 3 is 2.17 bits per heavy atom. The number of hydrogen-bond acceptors (Lipinski definition) is 2. The van der Waals surface area contributed by atoms with Gasteiger partial charge >= 0.3 is 0 Å². The lowest BCUT2D eigenvalue weighted by atomic mass is 10.1. The van der Waals surface area contributed by atoms with Gasteiger partial charge in [0.1, 0.15) is 0 Å². The number of nitrogens with zero attached hydrogens (tertiary/aromatic N) is 1. The molecule has 0 fully saturated rings. The molecule has 2 nitrogen and oxygen atoms in total. The van der Waals surface area contributed by atoms with E-state index in [9.17, 15) is 0 Å². The second-order valence-electron chi connectivity index (χ2n) is 6.14. The van der Waals surface area contributed by atoms with Gasteiger partial charge in [0.25, 0.3) is 0 Å². The minimum atomic E-state index is 0.182. The summed E-state index contributed by atoms with van der Waals surface area (Å²) in [5, 5.41) is 3.59. The molecule has 0 aliphatic heterocycles. The first kappa shape index (κ1) is 15.0. The predicted octanol–water partition coefficient (Wildman–Crippen LogP) is 3.60. The van der Waals surface area contributed by atoms with E-state index in [0.717, 1.165) is 13.0 Å². The Kier molecular flexibility index (Phi) is 5.21. The second-order valence-corrected chi connectivity index (χ2v) is 6.14. The minimum Gasteiger partial charge on any atom is -0.370 e. The van der Waals surface area contributed by atoms with E-state index in [4.69, 9.17) is 0 Å². The molecule has 1 atom stereocenters. The van der Waals surface area contributed by atoms with E-state index in [1.54, 1.807) is 0 Å². The van der Waals surface area contributed by atoms with Crippen molar-refractivity contribution in [1.82, 2.24) is 5.32 Å². The maximum atomic E-state index is 3.59. The summed E-state index contributed by atoms with van der Waals surface area (Å²) < 4.78 is 0. The summed E-state index contributed by atoms with van der Waals surface area (Å²) in [6.07, 6.45) is 1.15. The maximum Gasteiger partial charge on any atom is 0.0408 e. The van der Waals surface area contributed by atoms with Crippen LogP contribution in [-0.4, -0.2) is 25.2 Å². The molecule has 0 amide bonds. The van der Waals surface area contributed by atoms with Crippen molar-refractivity contribution in [3.05, 3.63) is 29.8 Å². The highest BCUT2D eigenvalue weighted by molar-refractivity contribution is 5.47. The molecule has 0 aliphatic rings. The smallest absolute Gasteiger partial charge is 0.0408 e. The number of rotatable bonds is 5. The normalized spacial score (nSPS) is 13.4. The van der Waals surface area contributed by atoms with Gasteiger partial charge in [0.2, 0.25) is 0 Å². The molecule has 102 valence electrons. The van der Waals surface area contributed by atoms with E-state index in [1.165, 1.54) is 11.3 Å². The van der Waals surface area contributed by atoms with E-state index >= 15 is 0 Å². The first-order valence-electron chi connectivity index (χ1n) is 6.88. The molecular weight excluding hydrogens is 220 g/mol. The molecule has 0 saturated heterocycles.